The smallest absolute Gasteiger partial charge is 0.251 e. The summed E-state index contributed by atoms with van der Waals surface area (Å²) in [6.45, 7) is 0. The van der Waals surface area contributed by atoms with E-state index in [2.05, 4.69) is 30.9 Å². The Labute approximate surface area is 98.3 Å². The van der Waals surface area contributed by atoms with Crippen LogP contribution in [0, 0.1) is 0 Å². The van der Waals surface area contributed by atoms with Gasteiger partial charge < -0.3 is 4.98 Å². The van der Waals surface area contributed by atoms with Crippen molar-refractivity contribution in [1.82, 2.24) is 15.0 Å². The number of hydrogen-bond acceptors (Lipinski definition) is 4. The van der Waals surface area contributed by atoms with E-state index in [1.165, 1.54) is 24.0 Å². The number of aromatic amines is 1. The van der Waals surface area contributed by atoms with Crippen LogP contribution >= 0.6 is 27.7 Å². The van der Waals surface area contributed by atoms with Gasteiger partial charge in [0.05, 0.1) is 0 Å². The third-order valence-corrected chi connectivity index (χ3v) is 2.82. The van der Waals surface area contributed by atoms with Gasteiger partial charge in [0.1, 0.15) is 9.63 Å². The van der Waals surface area contributed by atoms with Gasteiger partial charge in [0, 0.05) is 12.3 Å². The standard InChI is InChI=1S/C9H6BrN3OS/c10-6-2-1-3-8(12-6)15-9-11-5-4-7(14)13-9/h1-5H,(H,11,13,14). The summed E-state index contributed by atoms with van der Waals surface area (Å²) >= 11 is 4.58. The zero-order valence-corrected chi connectivity index (χ0v) is 9.88. The van der Waals surface area contributed by atoms with E-state index in [-0.39, 0.29) is 5.56 Å². The van der Waals surface area contributed by atoms with Crippen molar-refractivity contribution >= 4 is 27.7 Å². The number of pyridine rings is 1. The molecule has 76 valence electrons. The molecule has 1 N–H and O–H groups in total. The first-order valence-electron chi connectivity index (χ1n) is 4.10. The molecule has 2 aromatic rings. The van der Waals surface area contributed by atoms with Crippen molar-refractivity contribution in [2.75, 3.05) is 0 Å². The number of H-pyrrole nitrogens is 1. The van der Waals surface area contributed by atoms with E-state index in [0.29, 0.717) is 5.16 Å². The van der Waals surface area contributed by atoms with Gasteiger partial charge in [0.15, 0.2) is 5.16 Å². The number of aromatic nitrogens is 3. The molecule has 6 heteroatoms. The summed E-state index contributed by atoms with van der Waals surface area (Å²) in [6.07, 6.45) is 1.47. The molecule has 0 aliphatic rings. The topological polar surface area (TPSA) is 58.6 Å². The number of nitrogens with zero attached hydrogens (tertiary/aromatic N) is 2. The molecule has 0 saturated heterocycles. The molecular weight excluding hydrogens is 278 g/mol. The highest BCUT2D eigenvalue weighted by atomic mass is 79.9. The summed E-state index contributed by atoms with van der Waals surface area (Å²) in [5.41, 5.74) is -0.164. The van der Waals surface area contributed by atoms with Gasteiger partial charge in [0.25, 0.3) is 5.56 Å². The van der Waals surface area contributed by atoms with Gasteiger partial charge in [-0.3, -0.25) is 4.79 Å². The van der Waals surface area contributed by atoms with Gasteiger partial charge >= 0.3 is 0 Å². The highest BCUT2D eigenvalue weighted by molar-refractivity contribution is 9.10. The lowest BCUT2D eigenvalue weighted by Gasteiger charge is -1.99. The van der Waals surface area contributed by atoms with E-state index >= 15 is 0 Å². The van der Waals surface area contributed by atoms with E-state index < -0.39 is 0 Å². The van der Waals surface area contributed by atoms with Crippen LogP contribution in [0.2, 0.25) is 0 Å². The Morgan fingerprint density at radius 1 is 1.33 bits per heavy atom. The number of rotatable bonds is 2. The van der Waals surface area contributed by atoms with Crippen LogP contribution in [0.4, 0.5) is 0 Å². The summed E-state index contributed by atoms with van der Waals surface area (Å²) in [4.78, 5) is 21.9. The van der Waals surface area contributed by atoms with Crippen LogP contribution in [-0.2, 0) is 0 Å². The summed E-state index contributed by atoms with van der Waals surface area (Å²) in [7, 11) is 0. The molecule has 0 bridgehead atoms. The lowest BCUT2D eigenvalue weighted by atomic mass is 10.5. The Balaban J connectivity index is 2.26. The fourth-order valence-corrected chi connectivity index (χ4v) is 2.16. The molecule has 2 rings (SSSR count). The second kappa shape index (κ2) is 4.59. The van der Waals surface area contributed by atoms with Gasteiger partial charge in [-0.1, -0.05) is 6.07 Å². The Kier molecular flexibility index (Phi) is 3.17. The summed E-state index contributed by atoms with van der Waals surface area (Å²) in [5.74, 6) is 0. The van der Waals surface area contributed by atoms with Crippen LogP contribution in [0.25, 0.3) is 0 Å². The molecule has 15 heavy (non-hydrogen) atoms. The molecule has 0 fully saturated rings. The Bertz CT molecular complexity index is 529. The van der Waals surface area contributed by atoms with Crippen molar-refractivity contribution in [3.05, 3.63) is 45.4 Å². The van der Waals surface area contributed by atoms with Gasteiger partial charge in [-0.05, 0) is 39.8 Å². The SMILES string of the molecule is O=c1ccnc(Sc2cccc(Br)n2)[nH]1. The largest absolute Gasteiger partial charge is 0.301 e. The van der Waals surface area contributed by atoms with Crippen LogP contribution in [0.5, 0.6) is 0 Å². The monoisotopic (exact) mass is 283 g/mol. The molecule has 0 atom stereocenters. The van der Waals surface area contributed by atoms with Gasteiger partial charge in [-0.15, -0.1) is 0 Å². The predicted molar refractivity (Wildman–Crippen MR) is 60.9 cm³/mol. The van der Waals surface area contributed by atoms with Crippen molar-refractivity contribution in [3.8, 4) is 0 Å². The first-order chi connectivity index (χ1) is 7.24. The average Bonchev–Trinajstić information content (AvgIpc) is 2.17. The molecule has 0 unspecified atom stereocenters. The number of nitrogens with one attached hydrogen (secondary N) is 1. The molecule has 0 amide bonds. The molecule has 4 nitrogen and oxygen atoms in total. The summed E-state index contributed by atoms with van der Waals surface area (Å²) in [6, 6.07) is 6.94. The zero-order valence-electron chi connectivity index (χ0n) is 7.48. The van der Waals surface area contributed by atoms with E-state index in [4.69, 9.17) is 0 Å². The molecule has 0 aliphatic heterocycles. The van der Waals surface area contributed by atoms with Crippen LogP contribution < -0.4 is 5.56 Å². The fraction of sp³-hybridized carbons (Fsp3) is 0. The summed E-state index contributed by atoms with van der Waals surface area (Å²) in [5, 5.41) is 1.31. The van der Waals surface area contributed by atoms with Crippen LogP contribution in [0.1, 0.15) is 0 Å². The molecule has 0 spiro atoms. The van der Waals surface area contributed by atoms with E-state index in [0.717, 1.165) is 9.63 Å². The normalized spacial score (nSPS) is 10.2. The molecule has 0 saturated carbocycles. The highest BCUT2D eigenvalue weighted by Gasteiger charge is 2.00. The second-order valence-corrected chi connectivity index (χ2v) is 4.46. The quantitative estimate of drug-likeness (QED) is 0.677. The van der Waals surface area contributed by atoms with Crippen LogP contribution in [-0.4, -0.2) is 15.0 Å². The second-order valence-electron chi connectivity index (χ2n) is 2.64. The first-order valence-corrected chi connectivity index (χ1v) is 5.71. The predicted octanol–water partition coefficient (Wildman–Crippen LogP) is 2.08. The maximum absolute atomic E-state index is 11.0. The van der Waals surface area contributed by atoms with Crippen LogP contribution in [0.15, 0.2) is 50.0 Å². The van der Waals surface area contributed by atoms with Gasteiger partial charge in [-0.25, -0.2) is 9.97 Å². The maximum Gasteiger partial charge on any atom is 0.251 e. The Hall–Kier alpha value is -1.14. The minimum absolute atomic E-state index is 0.164. The molecular formula is C9H6BrN3OS. The molecule has 0 radical (unpaired) electrons. The molecule has 2 heterocycles. The Morgan fingerprint density at radius 3 is 2.93 bits per heavy atom. The first kappa shape index (κ1) is 10.4. The van der Waals surface area contributed by atoms with Crippen molar-refractivity contribution in [3.63, 3.8) is 0 Å². The van der Waals surface area contributed by atoms with Crippen molar-refractivity contribution < 1.29 is 0 Å². The molecule has 0 aromatic carbocycles. The third kappa shape index (κ3) is 2.90. The van der Waals surface area contributed by atoms with Gasteiger partial charge in [0.2, 0.25) is 0 Å². The van der Waals surface area contributed by atoms with Crippen molar-refractivity contribution in [2.24, 2.45) is 0 Å². The lowest BCUT2D eigenvalue weighted by Crippen LogP contribution is -2.05. The third-order valence-electron chi connectivity index (χ3n) is 1.54. The highest BCUT2D eigenvalue weighted by Crippen LogP contribution is 2.22. The van der Waals surface area contributed by atoms with E-state index in [9.17, 15) is 4.79 Å². The Morgan fingerprint density at radius 2 is 2.20 bits per heavy atom. The van der Waals surface area contributed by atoms with E-state index in [1.807, 2.05) is 18.2 Å². The molecule has 0 aliphatic carbocycles. The zero-order chi connectivity index (χ0) is 10.7. The average molecular weight is 284 g/mol. The number of halogens is 1. The summed E-state index contributed by atoms with van der Waals surface area (Å²) < 4.78 is 0.755. The minimum atomic E-state index is -0.164. The number of hydrogen-bond donors (Lipinski definition) is 1. The van der Waals surface area contributed by atoms with Crippen molar-refractivity contribution in [1.29, 1.82) is 0 Å². The minimum Gasteiger partial charge on any atom is -0.301 e. The van der Waals surface area contributed by atoms with E-state index in [1.54, 1.807) is 0 Å². The van der Waals surface area contributed by atoms with Gasteiger partial charge in [-0.2, -0.15) is 0 Å². The lowest BCUT2D eigenvalue weighted by molar-refractivity contribution is 0.931. The van der Waals surface area contributed by atoms with Crippen LogP contribution in [0.3, 0.4) is 0 Å². The van der Waals surface area contributed by atoms with Crippen molar-refractivity contribution in [2.45, 2.75) is 10.2 Å². The fourth-order valence-electron chi connectivity index (χ4n) is 0.949. The molecule has 2 aromatic heterocycles. The maximum atomic E-state index is 11.0.